The van der Waals surface area contributed by atoms with Gasteiger partial charge in [0.25, 0.3) is 0 Å². The standard InChI is InChI=1S/C18H20Cl2N2O/c1-13-12-16(20)6-7-17(13)22-18(23)9-11-21-10-8-14-2-4-15(19)5-3-14/h2-7,12,21H,8-11H2,1H3,(H,22,23). The maximum atomic E-state index is 11.9. The van der Waals surface area contributed by atoms with Gasteiger partial charge in [-0.3, -0.25) is 4.79 Å². The van der Waals surface area contributed by atoms with E-state index in [1.807, 2.05) is 43.3 Å². The van der Waals surface area contributed by atoms with Crippen molar-refractivity contribution in [3.05, 3.63) is 63.6 Å². The molecule has 0 bridgehead atoms. The van der Waals surface area contributed by atoms with Gasteiger partial charge in [-0.1, -0.05) is 35.3 Å². The van der Waals surface area contributed by atoms with Crippen LogP contribution in [0.1, 0.15) is 17.5 Å². The number of nitrogens with one attached hydrogen (secondary N) is 2. The van der Waals surface area contributed by atoms with E-state index in [-0.39, 0.29) is 5.91 Å². The second kappa shape index (κ2) is 8.92. The molecule has 0 fully saturated rings. The average Bonchev–Trinajstić information content (AvgIpc) is 2.51. The molecular formula is C18H20Cl2N2O. The fraction of sp³-hybridized carbons (Fsp3) is 0.278. The Morgan fingerprint density at radius 3 is 2.39 bits per heavy atom. The molecule has 23 heavy (non-hydrogen) atoms. The van der Waals surface area contributed by atoms with Gasteiger partial charge in [0.1, 0.15) is 0 Å². The Labute approximate surface area is 147 Å². The highest BCUT2D eigenvalue weighted by Crippen LogP contribution is 2.19. The second-order valence-electron chi connectivity index (χ2n) is 5.38. The second-order valence-corrected chi connectivity index (χ2v) is 6.26. The van der Waals surface area contributed by atoms with Crippen LogP contribution < -0.4 is 10.6 Å². The number of hydrogen-bond donors (Lipinski definition) is 2. The lowest BCUT2D eigenvalue weighted by Gasteiger charge is -2.09. The van der Waals surface area contributed by atoms with E-state index in [1.54, 1.807) is 6.07 Å². The van der Waals surface area contributed by atoms with Gasteiger partial charge >= 0.3 is 0 Å². The number of carbonyl (C=O) groups is 1. The fourth-order valence-electron chi connectivity index (χ4n) is 2.19. The lowest BCUT2D eigenvalue weighted by Crippen LogP contribution is -2.23. The zero-order valence-electron chi connectivity index (χ0n) is 13.0. The first-order chi connectivity index (χ1) is 11.0. The van der Waals surface area contributed by atoms with Crippen molar-refractivity contribution in [1.29, 1.82) is 0 Å². The van der Waals surface area contributed by atoms with Crippen LogP contribution in [0.5, 0.6) is 0 Å². The van der Waals surface area contributed by atoms with Crippen molar-refractivity contribution in [2.45, 2.75) is 19.8 Å². The van der Waals surface area contributed by atoms with Crippen molar-refractivity contribution in [1.82, 2.24) is 5.32 Å². The molecule has 3 nitrogen and oxygen atoms in total. The molecule has 2 N–H and O–H groups in total. The predicted octanol–water partition coefficient (Wildman–Crippen LogP) is 4.46. The normalized spacial score (nSPS) is 10.6. The van der Waals surface area contributed by atoms with Crippen molar-refractivity contribution >= 4 is 34.8 Å². The van der Waals surface area contributed by atoms with Crippen LogP contribution in [0.2, 0.25) is 10.0 Å². The minimum atomic E-state index is -0.00517. The largest absolute Gasteiger partial charge is 0.326 e. The lowest BCUT2D eigenvalue weighted by molar-refractivity contribution is -0.116. The quantitative estimate of drug-likeness (QED) is 0.723. The Morgan fingerprint density at radius 2 is 1.70 bits per heavy atom. The third kappa shape index (κ3) is 6.22. The van der Waals surface area contributed by atoms with E-state index >= 15 is 0 Å². The Balaban J connectivity index is 1.65. The topological polar surface area (TPSA) is 41.1 Å². The number of carbonyl (C=O) groups excluding carboxylic acids is 1. The minimum absolute atomic E-state index is 0.00517. The van der Waals surface area contributed by atoms with Gasteiger partial charge in [-0.2, -0.15) is 0 Å². The van der Waals surface area contributed by atoms with Crippen molar-refractivity contribution in [2.75, 3.05) is 18.4 Å². The number of amides is 1. The maximum absolute atomic E-state index is 11.9. The molecule has 1 amide bonds. The van der Waals surface area contributed by atoms with Crippen LogP contribution >= 0.6 is 23.2 Å². The SMILES string of the molecule is Cc1cc(Cl)ccc1NC(=O)CCNCCc1ccc(Cl)cc1. The highest BCUT2D eigenvalue weighted by atomic mass is 35.5. The number of hydrogen-bond acceptors (Lipinski definition) is 2. The minimum Gasteiger partial charge on any atom is -0.326 e. The van der Waals surface area contributed by atoms with Crippen LogP contribution in [-0.2, 0) is 11.2 Å². The number of benzene rings is 2. The average molecular weight is 351 g/mol. The van der Waals surface area contributed by atoms with Crippen LogP contribution in [0, 0.1) is 6.92 Å². The van der Waals surface area contributed by atoms with Crippen LogP contribution in [0.15, 0.2) is 42.5 Å². The fourth-order valence-corrected chi connectivity index (χ4v) is 2.54. The van der Waals surface area contributed by atoms with Gasteiger partial charge in [-0.15, -0.1) is 0 Å². The molecule has 0 aliphatic carbocycles. The summed E-state index contributed by atoms with van der Waals surface area (Å²) < 4.78 is 0. The molecule has 0 radical (unpaired) electrons. The molecule has 0 aliphatic rings. The molecule has 0 aliphatic heterocycles. The van der Waals surface area contributed by atoms with Crippen molar-refractivity contribution in [3.63, 3.8) is 0 Å². The zero-order valence-corrected chi connectivity index (χ0v) is 14.5. The maximum Gasteiger partial charge on any atom is 0.225 e. The van der Waals surface area contributed by atoms with Crippen LogP contribution in [0.25, 0.3) is 0 Å². The first-order valence-corrected chi connectivity index (χ1v) is 8.31. The van der Waals surface area contributed by atoms with Gasteiger partial charge in [0.15, 0.2) is 0 Å². The molecule has 0 aromatic heterocycles. The van der Waals surface area contributed by atoms with Crippen LogP contribution in [0.4, 0.5) is 5.69 Å². The summed E-state index contributed by atoms with van der Waals surface area (Å²) in [6.07, 6.45) is 1.35. The lowest BCUT2D eigenvalue weighted by atomic mass is 10.1. The first kappa shape index (κ1) is 17.8. The van der Waals surface area contributed by atoms with Gasteiger partial charge in [-0.25, -0.2) is 0 Å². The van der Waals surface area contributed by atoms with Crippen molar-refractivity contribution < 1.29 is 4.79 Å². The number of halogens is 2. The molecule has 0 saturated carbocycles. The molecule has 0 atom stereocenters. The summed E-state index contributed by atoms with van der Waals surface area (Å²) >= 11 is 11.8. The summed E-state index contributed by atoms with van der Waals surface area (Å²) in [6.45, 7) is 3.40. The Hall–Kier alpha value is -1.55. The summed E-state index contributed by atoms with van der Waals surface area (Å²) in [6, 6.07) is 13.2. The van der Waals surface area contributed by atoms with Crippen molar-refractivity contribution in [2.24, 2.45) is 0 Å². The number of aryl methyl sites for hydroxylation is 1. The molecule has 2 rings (SSSR count). The molecule has 122 valence electrons. The van der Waals surface area contributed by atoms with Gasteiger partial charge in [-0.05, 0) is 61.3 Å². The first-order valence-electron chi connectivity index (χ1n) is 7.56. The summed E-state index contributed by atoms with van der Waals surface area (Å²) in [4.78, 5) is 11.9. The Morgan fingerprint density at radius 1 is 1.00 bits per heavy atom. The number of rotatable bonds is 7. The third-order valence-electron chi connectivity index (χ3n) is 3.50. The summed E-state index contributed by atoms with van der Waals surface area (Å²) in [7, 11) is 0. The van der Waals surface area contributed by atoms with Gasteiger partial charge in [0.2, 0.25) is 5.91 Å². The van der Waals surface area contributed by atoms with Crippen LogP contribution in [-0.4, -0.2) is 19.0 Å². The highest BCUT2D eigenvalue weighted by molar-refractivity contribution is 6.31. The summed E-state index contributed by atoms with van der Waals surface area (Å²) in [5.41, 5.74) is 2.99. The molecule has 0 saturated heterocycles. The zero-order chi connectivity index (χ0) is 16.7. The highest BCUT2D eigenvalue weighted by Gasteiger charge is 2.05. The van der Waals surface area contributed by atoms with E-state index < -0.39 is 0 Å². The van der Waals surface area contributed by atoms with E-state index in [0.717, 1.165) is 29.2 Å². The third-order valence-corrected chi connectivity index (χ3v) is 3.98. The van der Waals surface area contributed by atoms with E-state index in [4.69, 9.17) is 23.2 Å². The molecule has 0 heterocycles. The smallest absolute Gasteiger partial charge is 0.225 e. The number of anilines is 1. The van der Waals surface area contributed by atoms with E-state index in [0.29, 0.717) is 18.0 Å². The molecule has 0 unspecified atom stereocenters. The molecule has 0 spiro atoms. The summed E-state index contributed by atoms with van der Waals surface area (Å²) in [5.74, 6) is -0.00517. The predicted molar refractivity (Wildman–Crippen MR) is 97.5 cm³/mol. The van der Waals surface area contributed by atoms with Gasteiger partial charge in [0.05, 0.1) is 0 Å². The van der Waals surface area contributed by atoms with E-state index in [1.165, 1.54) is 5.56 Å². The van der Waals surface area contributed by atoms with Gasteiger partial charge < -0.3 is 10.6 Å². The molecule has 5 heteroatoms. The molecule has 2 aromatic carbocycles. The van der Waals surface area contributed by atoms with E-state index in [9.17, 15) is 4.79 Å². The van der Waals surface area contributed by atoms with E-state index in [2.05, 4.69) is 10.6 Å². The van der Waals surface area contributed by atoms with Crippen LogP contribution in [0.3, 0.4) is 0 Å². The Bertz CT molecular complexity index is 657. The van der Waals surface area contributed by atoms with Gasteiger partial charge in [0, 0.05) is 28.7 Å². The molecule has 2 aromatic rings. The van der Waals surface area contributed by atoms with Crippen molar-refractivity contribution in [3.8, 4) is 0 Å². The summed E-state index contributed by atoms with van der Waals surface area (Å²) in [5, 5.41) is 7.59. The monoisotopic (exact) mass is 350 g/mol. The molecular weight excluding hydrogens is 331 g/mol. The Kier molecular flexibility index (Phi) is 6.90.